The van der Waals surface area contributed by atoms with E-state index < -0.39 is 11.8 Å². The molecular weight excluding hydrogens is 136 g/mol. The van der Waals surface area contributed by atoms with Crippen LogP contribution in [0.4, 0.5) is 0 Å². The first kappa shape index (κ1) is 4.64. The van der Waals surface area contributed by atoms with Gasteiger partial charge in [0.1, 0.15) is 5.78 Å². The largest absolute Gasteiger partial charge is 0.299 e. The van der Waals surface area contributed by atoms with Gasteiger partial charge >= 0.3 is 0 Å². The second kappa shape index (κ2) is 1.70. The van der Waals surface area contributed by atoms with Crippen LogP contribution in [0.5, 0.6) is 0 Å². The maximum absolute atomic E-state index is 11.6. The van der Waals surface area contributed by atoms with E-state index in [9.17, 15) is 4.79 Å². The highest BCUT2D eigenvalue weighted by atomic mass is 16.1. The van der Waals surface area contributed by atoms with Crippen LogP contribution < -0.4 is 0 Å². The van der Waals surface area contributed by atoms with Crippen LogP contribution in [0.3, 0.4) is 0 Å². The van der Waals surface area contributed by atoms with Gasteiger partial charge in [-0.1, -0.05) is 6.42 Å². The van der Waals surface area contributed by atoms with E-state index >= 15 is 0 Å². The summed E-state index contributed by atoms with van der Waals surface area (Å²) in [7, 11) is 0. The van der Waals surface area contributed by atoms with E-state index in [-0.39, 0.29) is 11.2 Å². The molecule has 1 nitrogen and oxygen atoms in total. The smallest absolute Gasteiger partial charge is 0.136 e. The molecule has 60 valence electrons. The van der Waals surface area contributed by atoms with Crippen molar-refractivity contribution in [3.63, 3.8) is 0 Å². The summed E-state index contributed by atoms with van der Waals surface area (Å²) >= 11 is 0. The van der Waals surface area contributed by atoms with E-state index in [4.69, 9.17) is 2.74 Å². The Balaban J connectivity index is 2.11. The van der Waals surface area contributed by atoms with Crippen molar-refractivity contribution < 1.29 is 7.54 Å². The average Bonchev–Trinajstić information content (AvgIpc) is 2.43. The Morgan fingerprint density at radius 3 is 3.18 bits per heavy atom. The van der Waals surface area contributed by atoms with Gasteiger partial charge in [0, 0.05) is 15.1 Å². The molecule has 0 N–H and O–H groups in total. The summed E-state index contributed by atoms with van der Waals surface area (Å²) in [5.41, 5.74) is -0.225. The molecule has 0 bridgehead atoms. The number of hydrogen-bond acceptors (Lipinski definition) is 1. The van der Waals surface area contributed by atoms with Crippen molar-refractivity contribution >= 4 is 5.78 Å². The lowest BCUT2D eigenvalue weighted by molar-refractivity contribution is -0.129. The number of rotatable bonds is 0. The van der Waals surface area contributed by atoms with Gasteiger partial charge < -0.3 is 0 Å². The summed E-state index contributed by atoms with van der Waals surface area (Å²) in [4.78, 5) is 11.6. The molecule has 3 aliphatic carbocycles. The fourth-order valence-electron chi connectivity index (χ4n) is 3.21. The van der Waals surface area contributed by atoms with Gasteiger partial charge in [-0.2, -0.15) is 0 Å². The fourth-order valence-corrected chi connectivity index (χ4v) is 3.21. The SMILES string of the molecule is [2H][C@@]12CCCC13CCC(=O)[C@@]3([2H])C2. The van der Waals surface area contributed by atoms with Gasteiger partial charge in [0.05, 0.1) is 0 Å². The molecule has 1 spiro atoms. The average molecular weight is 152 g/mol. The molecule has 3 fully saturated rings. The first-order valence-corrected chi connectivity index (χ1v) is 4.58. The maximum Gasteiger partial charge on any atom is 0.136 e. The lowest BCUT2D eigenvalue weighted by Crippen LogP contribution is -2.43. The van der Waals surface area contributed by atoms with Gasteiger partial charge in [-0.05, 0) is 37.0 Å². The van der Waals surface area contributed by atoms with Gasteiger partial charge in [-0.25, -0.2) is 0 Å². The Morgan fingerprint density at radius 1 is 1.55 bits per heavy atom. The van der Waals surface area contributed by atoms with E-state index in [0.29, 0.717) is 12.8 Å². The predicted molar refractivity (Wildman–Crippen MR) is 42.1 cm³/mol. The van der Waals surface area contributed by atoms with E-state index in [0.717, 1.165) is 25.7 Å². The van der Waals surface area contributed by atoms with Crippen molar-refractivity contribution in [2.75, 3.05) is 0 Å². The molecule has 3 saturated carbocycles. The summed E-state index contributed by atoms with van der Waals surface area (Å²) in [5.74, 6) is -1.14. The normalized spacial score (nSPS) is 69.6. The van der Waals surface area contributed by atoms with Crippen LogP contribution in [0.25, 0.3) is 0 Å². The Kier molecular flexibility index (Phi) is 0.717. The zero-order valence-electron chi connectivity index (χ0n) is 8.65. The van der Waals surface area contributed by atoms with E-state index in [2.05, 4.69) is 0 Å². The second-order valence-corrected chi connectivity index (χ2v) is 4.12. The van der Waals surface area contributed by atoms with Crippen LogP contribution >= 0.6 is 0 Å². The molecule has 3 rings (SSSR count). The molecule has 11 heavy (non-hydrogen) atoms. The quantitative estimate of drug-likeness (QED) is 0.520. The van der Waals surface area contributed by atoms with Crippen LogP contribution in [0.2, 0.25) is 0 Å². The van der Waals surface area contributed by atoms with Crippen LogP contribution in [0.1, 0.15) is 41.3 Å². The Hall–Kier alpha value is -0.330. The number of Topliss-reactive ketones (excluding diaryl/α,β-unsaturated/α-hetero) is 1. The molecule has 0 aromatic carbocycles. The minimum atomic E-state index is -0.842. The summed E-state index contributed by atoms with van der Waals surface area (Å²) in [6.45, 7) is 0. The monoisotopic (exact) mass is 152 g/mol. The highest BCUT2D eigenvalue weighted by Crippen LogP contribution is 2.67. The first-order valence-electron chi connectivity index (χ1n) is 5.58. The number of carbonyl (C=O) groups excluding carboxylic acids is 1. The van der Waals surface area contributed by atoms with Gasteiger partial charge in [0.25, 0.3) is 0 Å². The highest BCUT2D eigenvalue weighted by Gasteiger charge is 2.62. The van der Waals surface area contributed by atoms with Crippen LogP contribution in [-0.4, -0.2) is 5.78 Å². The molecule has 0 aromatic rings. The Bertz CT molecular complexity index is 303. The van der Waals surface area contributed by atoms with Crippen molar-refractivity contribution in [1.82, 2.24) is 0 Å². The molecule has 3 atom stereocenters. The molecular formula is C10H14O. The van der Waals surface area contributed by atoms with Gasteiger partial charge in [-0.15, -0.1) is 0 Å². The molecule has 0 amide bonds. The molecule has 0 aliphatic heterocycles. The van der Waals surface area contributed by atoms with Crippen molar-refractivity contribution in [3.05, 3.63) is 0 Å². The summed E-state index contributed by atoms with van der Waals surface area (Å²) < 4.78 is 16.4. The van der Waals surface area contributed by atoms with Gasteiger partial charge in [0.2, 0.25) is 0 Å². The topological polar surface area (TPSA) is 17.1 Å². The molecule has 0 aromatic heterocycles. The molecule has 1 unspecified atom stereocenters. The molecule has 0 heterocycles. The van der Waals surface area contributed by atoms with Crippen molar-refractivity contribution in [1.29, 1.82) is 0 Å². The first-order chi connectivity index (χ1) is 6.04. The van der Waals surface area contributed by atoms with Crippen LogP contribution in [0.15, 0.2) is 0 Å². The lowest BCUT2D eigenvalue weighted by atomic mass is 9.56. The number of carbonyl (C=O) groups is 1. The summed E-state index contributed by atoms with van der Waals surface area (Å²) in [6.07, 6.45) is 4.81. The maximum atomic E-state index is 11.6. The number of hydrogen-bond donors (Lipinski definition) is 0. The molecule has 0 radical (unpaired) electrons. The van der Waals surface area contributed by atoms with Crippen LogP contribution in [-0.2, 0) is 4.79 Å². The third kappa shape index (κ3) is 0.533. The van der Waals surface area contributed by atoms with Gasteiger partial charge in [0.15, 0.2) is 0 Å². The van der Waals surface area contributed by atoms with E-state index in [1.807, 2.05) is 0 Å². The summed E-state index contributed by atoms with van der Waals surface area (Å²) in [5, 5.41) is 0. The third-order valence-corrected chi connectivity index (χ3v) is 3.84. The Morgan fingerprint density at radius 2 is 2.45 bits per heavy atom. The van der Waals surface area contributed by atoms with E-state index in [1.165, 1.54) is 0 Å². The Labute approximate surface area is 70.0 Å². The standard InChI is InChI=1S/C10H14O/c11-9-3-5-10-4-1-2-7(10)6-8(9)10/h7-8H,1-6H2/t7-,8+,10?/m0/s1/i7D,8D. The second-order valence-electron chi connectivity index (χ2n) is 4.12. The van der Waals surface area contributed by atoms with Gasteiger partial charge in [-0.3, -0.25) is 4.79 Å². The summed E-state index contributed by atoms with van der Waals surface area (Å²) in [6, 6.07) is 0. The number of ketones is 1. The predicted octanol–water partition coefficient (Wildman–Crippen LogP) is 2.16. The molecule has 1 heteroatoms. The fraction of sp³-hybridized carbons (Fsp3) is 0.900. The van der Waals surface area contributed by atoms with Crippen molar-refractivity contribution in [2.45, 2.75) is 38.5 Å². The van der Waals surface area contributed by atoms with Crippen LogP contribution in [0, 0.1) is 17.2 Å². The third-order valence-electron chi connectivity index (χ3n) is 3.84. The zero-order chi connectivity index (χ0) is 9.32. The van der Waals surface area contributed by atoms with Crippen molar-refractivity contribution in [2.24, 2.45) is 17.2 Å². The van der Waals surface area contributed by atoms with E-state index in [1.54, 1.807) is 0 Å². The molecule has 0 saturated heterocycles. The minimum Gasteiger partial charge on any atom is -0.299 e. The minimum absolute atomic E-state index is 0.109. The lowest BCUT2D eigenvalue weighted by Gasteiger charge is -2.47. The van der Waals surface area contributed by atoms with Crippen molar-refractivity contribution in [3.8, 4) is 0 Å². The zero-order valence-corrected chi connectivity index (χ0v) is 6.65. The highest BCUT2D eigenvalue weighted by molar-refractivity contribution is 5.85. The molecule has 3 aliphatic rings.